The molecule has 2 rings (SSSR count). The van der Waals surface area contributed by atoms with Gasteiger partial charge in [-0.3, -0.25) is 0 Å². The molecule has 0 spiro atoms. The fraction of sp³-hybridized carbons (Fsp3) is 0.500. The fourth-order valence-electron chi connectivity index (χ4n) is 0.983. The summed E-state index contributed by atoms with van der Waals surface area (Å²) in [6, 6.07) is 0. The molecule has 2 aliphatic rings. The molecule has 5 heteroatoms. The zero-order valence-electron chi connectivity index (χ0n) is 5.57. The number of carbonyl (C=O) groups excluding carboxylic acids is 1. The summed E-state index contributed by atoms with van der Waals surface area (Å²) in [6.07, 6.45) is -0.990. The smallest absolute Gasteiger partial charge is 0.348 e. The molecule has 0 bridgehead atoms. The van der Waals surface area contributed by atoms with Gasteiger partial charge in [0.25, 0.3) is 0 Å². The summed E-state index contributed by atoms with van der Waals surface area (Å²) in [5.74, 6) is 1.49. The lowest BCUT2D eigenvalue weighted by atomic mass is 10.5. The molecule has 11 heavy (non-hydrogen) atoms. The van der Waals surface area contributed by atoms with Crippen molar-refractivity contribution >= 4 is 29.5 Å². The van der Waals surface area contributed by atoms with Crippen LogP contribution < -0.4 is 0 Å². The number of thioether (sulfide) groups is 2. The standard InChI is InChI=1S/C6H6O3S2/c7-5-3-4(6(8)9-5)11-2-1-10-3/h5,7H,1-2H2. The third-order valence-electron chi connectivity index (χ3n) is 1.44. The van der Waals surface area contributed by atoms with Gasteiger partial charge in [-0.05, 0) is 0 Å². The van der Waals surface area contributed by atoms with Gasteiger partial charge in [-0.1, -0.05) is 0 Å². The van der Waals surface area contributed by atoms with Gasteiger partial charge in [0, 0.05) is 11.5 Å². The zero-order valence-corrected chi connectivity index (χ0v) is 7.20. The summed E-state index contributed by atoms with van der Waals surface area (Å²) in [7, 11) is 0. The normalized spacial score (nSPS) is 30.3. The van der Waals surface area contributed by atoms with Gasteiger partial charge in [0.05, 0.1) is 4.91 Å². The van der Waals surface area contributed by atoms with E-state index in [9.17, 15) is 4.79 Å². The number of esters is 1. The molecule has 0 aromatic rings. The van der Waals surface area contributed by atoms with Crippen molar-refractivity contribution in [2.75, 3.05) is 11.5 Å². The Morgan fingerprint density at radius 1 is 1.45 bits per heavy atom. The second-order valence-corrected chi connectivity index (χ2v) is 4.39. The number of ether oxygens (including phenoxy) is 1. The van der Waals surface area contributed by atoms with E-state index in [1.807, 2.05) is 0 Å². The predicted molar refractivity (Wildman–Crippen MR) is 44.0 cm³/mol. The van der Waals surface area contributed by atoms with Gasteiger partial charge in [-0.15, -0.1) is 23.5 Å². The molecule has 1 unspecified atom stereocenters. The summed E-state index contributed by atoms with van der Waals surface area (Å²) >= 11 is 2.98. The van der Waals surface area contributed by atoms with Crippen LogP contribution in [0.2, 0.25) is 0 Å². The molecule has 2 aliphatic heterocycles. The molecule has 1 atom stereocenters. The molecule has 0 saturated carbocycles. The molecule has 3 nitrogen and oxygen atoms in total. The lowest BCUT2D eigenvalue weighted by Crippen LogP contribution is -2.08. The van der Waals surface area contributed by atoms with Gasteiger partial charge in [0.1, 0.15) is 4.91 Å². The maximum atomic E-state index is 10.9. The van der Waals surface area contributed by atoms with Crippen LogP contribution in [0.1, 0.15) is 0 Å². The van der Waals surface area contributed by atoms with Crippen LogP contribution in [0.3, 0.4) is 0 Å². The number of rotatable bonds is 0. The monoisotopic (exact) mass is 190 g/mol. The Morgan fingerprint density at radius 3 is 2.91 bits per heavy atom. The number of hydrogen-bond acceptors (Lipinski definition) is 5. The average Bonchev–Trinajstić information content (AvgIpc) is 2.30. The van der Waals surface area contributed by atoms with E-state index in [1.54, 1.807) is 0 Å². The van der Waals surface area contributed by atoms with Crippen LogP contribution in [0.25, 0.3) is 0 Å². The van der Waals surface area contributed by atoms with Gasteiger partial charge in [-0.25, -0.2) is 4.79 Å². The van der Waals surface area contributed by atoms with E-state index < -0.39 is 6.29 Å². The molecule has 60 valence electrons. The van der Waals surface area contributed by atoms with E-state index in [0.29, 0.717) is 9.81 Å². The minimum atomic E-state index is -0.990. The summed E-state index contributed by atoms with van der Waals surface area (Å²) in [5.41, 5.74) is 0. The predicted octanol–water partition coefficient (Wildman–Crippen LogP) is 0.553. The second-order valence-electron chi connectivity index (χ2n) is 2.15. The van der Waals surface area contributed by atoms with Crippen molar-refractivity contribution in [2.24, 2.45) is 0 Å². The van der Waals surface area contributed by atoms with E-state index in [-0.39, 0.29) is 5.97 Å². The molecule has 0 aromatic carbocycles. The second kappa shape index (κ2) is 2.73. The lowest BCUT2D eigenvalue weighted by molar-refractivity contribution is -0.150. The van der Waals surface area contributed by atoms with Gasteiger partial charge in [0.15, 0.2) is 0 Å². The van der Waals surface area contributed by atoms with Crippen LogP contribution in [0, 0.1) is 0 Å². The van der Waals surface area contributed by atoms with Crippen molar-refractivity contribution in [1.82, 2.24) is 0 Å². The minimum absolute atomic E-state index is 0.371. The average molecular weight is 190 g/mol. The van der Waals surface area contributed by atoms with Crippen LogP contribution in [-0.4, -0.2) is 28.9 Å². The van der Waals surface area contributed by atoms with E-state index in [1.165, 1.54) is 23.5 Å². The summed E-state index contributed by atoms with van der Waals surface area (Å²) in [6.45, 7) is 0. The van der Waals surface area contributed by atoms with Crippen molar-refractivity contribution in [1.29, 1.82) is 0 Å². The van der Waals surface area contributed by atoms with Crippen molar-refractivity contribution < 1.29 is 14.6 Å². The van der Waals surface area contributed by atoms with Gasteiger partial charge in [0.2, 0.25) is 6.29 Å². The van der Waals surface area contributed by atoms with E-state index in [2.05, 4.69) is 4.74 Å². The molecular weight excluding hydrogens is 184 g/mol. The molecule has 2 heterocycles. The van der Waals surface area contributed by atoms with Crippen molar-refractivity contribution in [3.8, 4) is 0 Å². The third kappa shape index (κ3) is 1.17. The Bertz CT molecular complexity index is 236. The molecule has 0 amide bonds. The Kier molecular flexibility index (Phi) is 1.86. The highest BCUT2D eigenvalue weighted by molar-refractivity contribution is 8.10. The Labute approximate surface area is 72.2 Å². The number of cyclic esters (lactones) is 1. The summed E-state index contributed by atoms with van der Waals surface area (Å²) < 4.78 is 4.61. The largest absolute Gasteiger partial charge is 0.427 e. The van der Waals surface area contributed by atoms with E-state index in [4.69, 9.17) is 5.11 Å². The first-order valence-electron chi connectivity index (χ1n) is 3.18. The highest BCUT2D eigenvalue weighted by Gasteiger charge is 2.35. The number of hydrogen-bond donors (Lipinski definition) is 1. The third-order valence-corrected chi connectivity index (χ3v) is 4.04. The molecule has 0 saturated heterocycles. The highest BCUT2D eigenvalue weighted by atomic mass is 32.2. The number of aliphatic hydroxyl groups is 1. The Balaban J connectivity index is 2.32. The van der Waals surface area contributed by atoms with Crippen LogP contribution >= 0.6 is 23.5 Å². The first kappa shape index (κ1) is 7.52. The van der Waals surface area contributed by atoms with Crippen LogP contribution in [0.15, 0.2) is 9.81 Å². The summed E-state index contributed by atoms with van der Waals surface area (Å²) in [4.78, 5) is 12.3. The van der Waals surface area contributed by atoms with Gasteiger partial charge in [-0.2, -0.15) is 0 Å². The molecule has 0 radical (unpaired) electrons. The first-order chi connectivity index (χ1) is 5.29. The Morgan fingerprint density at radius 2 is 2.18 bits per heavy atom. The van der Waals surface area contributed by atoms with Gasteiger partial charge >= 0.3 is 5.97 Å². The number of carbonyl (C=O) groups is 1. The molecule has 0 aliphatic carbocycles. The van der Waals surface area contributed by atoms with Crippen molar-refractivity contribution in [2.45, 2.75) is 6.29 Å². The first-order valence-corrected chi connectivity index (χ1v) is 5.15. The van der Waals surface area contributed by atoms with E-state index in [0.717, 1.165) is 11.5 Å². The summed E-state index contributed by atoms with van der Waals surface area (Å²) in [5, 5.41) is 9.16. The molecular formula is C6H6O3S2. The topological polar surface area (TPSA) is 46.5 Å². The molecule has 1 N–H and O–H groups in total. The van der Waals surface area contributed by atoms with E-state index >= 15 is 0 Å². The minimum Gasteiger partial charge on any atom is -0.427 e. The quantitative estimate of drug-likeness (QED) is 0.565. The van der Waals surface area contributed by atoms with Crippen LogP contribution in [0.4, 0.5) is 0 Å². The maximum absolute atomic E-state index is 10.9. The molecule has 0 aromatic heterocycles. The Hall–Kier alpha value is -0.130. The maximum Gasteiger partial charge on any atom is 0.348 e. The van der Waals surface area contributed by atoms with Crippen molar-refractivity contribution in [3.05, 3.63) is 9.81 Å². The molecule has 0 fully saturated rings. The van der Waals surface area contributed by atoms with Crippen LogP contribution in [0.5, 0.6) is 0 Å². The van der Waals surface area contributed by atoms with Gasteiger partial charge < -0.3 is 9.84 Å². The zero-order chi connectivity index (χ0) is 7.84. The number of aliphatic hydroxyl groups excluding tert-OH is 1. The van der Waals surface area contributed by atoms with Crippen molar-refractivity contribution in [3.63, 3.8) is 0 Å². The van der Waals surface area contributed by atoms with Crippen LogP contribution in [-0.2, 0) is 9.53 Å². The fourth-order valence-corrected chi connectivity index (χ4v) is 3.24. The lowest BCUT2D eigenvalue weighted by Gasteiger charge is -2.10. The highest BCUT2D eigenvalue weighted by Crippen LogP contribution is 2.41. The SMILES string of the molecule is O=C1OC(O)C2=C1SCCS2.